The summed E-state index contributed by atoms with van der Waals surface area (Å²) in [6.45, 7) is 8.25. The van der Waals surface area contributed by atoms with Crippen molar-refractivity contribution < 1.29 is 0 Å². The van der Waals surface area contributed by atoms with Crippen LogP contribution in [0.3, 0.4) is 0 Å². The summed E-state index contributed by atoms with van der Waals surface area (Å²) in [4.78, 5) is 13.2. The number of nitrogens with one attached hydrogen (secondary N) is 1. The largest absolute Gasteiger partial charge is 0.359 e. The van der Waals surface area contributed by atoms with Crippen molar-refractivity contribution in [1.82, 2.24) is 9.97 Å². The molecular formula is C65H64N4. The number of fused-ring (bicyclic) bond motifs is 2. The number of aromatic nitrogens is 2. The highest BCUT2D eigenvalue weighted by Crippen LogP contribution is 2.58. The fourth-order valence-electron chi connectivity index (χ4n) is 9.11. The summed E-state index contributed by atoms with van der Waals surface area (Å²) in [5, 5.41) is 3.67. The Morgan fingerprint density at radius 3 is 1.38 bits per heavy atom. The molecule has 0 bridgehead atoms. The molecule has 4 heteroatoms. The molecule has 2 fully saturated rings. The summed E-state index contributed by atoms with van der Waals surface area (Å²) in [7, 11) is 0. The van der Waals surface area contributed by atoms with Crippen molar-refractivity contribution in [3.8, 4) is 33.4 Å². The molecule has 1 heterocycles. The van der Waals surface area contributed by atoms with Crippen molar-refractivity contribution in [2.45, 2.75) is 78.2 Å². The van der Waals surface area contributed by atoms with Crippen LogP contribution in [0.2, 0.25) is 0 Å². The van der Waals surface area contributed by atoms with Gasteiger partial charge in [-0.25, -0.2) is 9.97 Å². The molecule has 0 amide bonds. The molecule has 12 rings (SSSR count). The quantitative estimate of drug-likeness (QED) is 0.148. The number of allylic oxidation sites excluding steroid dienone is 6. The Balaban J connectivity index is 0.000000690. The predicted octanol–water partition coefficient (Wildman–Crippen LogP) is 18.0. The van der Waals surface area contributed by atoms with Gasteiger partial charge in [-0.05, 0) is 118 Å². The van der Waals surface area contributed by atoms with Crippen LogP contribution in [-0.2, 0) is 0 Å². The van der Waals surface area contributed by atoms with E-state index in [0.717, 1.165) is 52.9 Å². The molecule has 2 saturated carbocycles. The third-order valence-electron chi connectivity index (χ3n) is 12.8. The summed E-state index contributed by atoms with van der Waals surface area (Å²) in [5.74, 6) is 0.306. The molecule has 1 aromatic heterocycles. The third kappa shape index (κ3) is 10.9. The Bertz CT molecular complexity index is 2970. The fraction of sp³-hybridized carbons (Fsp3) is 0.200. The smallest absolute Gasteiger partial charge is 0.0966 e. The molecule has 2 atom stereocenters. The van der Waals surface area contributed by atoms with Crippen LogP contribution in [0.1, 0.15) is 84.0 Å². The van der Waals surface area contributed by atoms with E-state index < -0.39 is 0 Å². The highest BCUT2D eigenvalue weighted by atomic mass is 15.2. The number of hydrogen-bond donors (Lipinski definition) is 1. The van der Waals surface area contributed by atoms with Gasteiger partial charge in [-0.15, -0.1) is 0 Å². The Morgan fingerprint density at radius 2 is 0.942 bits per heavy atom. The second-order valence-corrected chi connectivity index (χ2v) is 18.0. The fourth-order valence-corrected chi connectivity index (χ4v) is 9.11. The van der Waals surface area contributed by atoms with Crippen LogP contribution in [0, 0.1) is 5.92 Å². The molecule has 0 spiro atoms. The summed E-state index contributed by atoms with van der Waals surface area (Å²) in [6.07, 6.45) is 20.2. The van der Waals surface area contributed by atoms with Crippen LogP contribution in [0.5, 0.6) is 0 Å². The van der Waals surface area contributed by atoms with E-state index in [1.54, 1.807) is 0 Å². The molecule has 69 heavy (non-hydrogen) atoms. The monoisotopic (exact) mass is 901 g/mol. The van der Waals surface area contributed by atoms with Gasteiger partial charge in [-0.3, -0.25) is 0 Å². The highest BCUT2D eigenvalue weighted by molar-refractivity contribution is 5.89. The second-order valence-electron chi connectivity index (χ2n) is 18.0. The summed E-state index contributed by atoms with van der Waals surface area (Å²) in [6, 6.07) is 66.8. The van der Waals surface area contributed by atoms with E-state index in [4.69, 9.17) is 9.97 Å². The average Bonchev–Trinajstić information content (AvgIpc) is 4.38. The first-order valence-electron chi connectivity index (χ1n) is 25.2. The van der Waals surface area contributed by atoms with E-state index >= 15 is 0 Å². The van der Waals surface area contributed by atoms with Gasteiger partial charge in [0.05, 0.1) is 28.0 Å². The van der Waals surface area contributed by atoms with E-state index in [-0.39, 0.29) is 5.54 Å². The molecule has 4 nitrogen and oxygen atoms in total. The van der Waals surface area contributed by atoms with Crippen LogP contribution < -0.4 is 10.2 Å². The van der Waals surface area contributed by atoms with Crippen molar-refractivity contribution >= 4 is 39.2 Å². The standard InChI is InChI=1S/C57H44N4.C3H6.C3H8.C2H6/c1-4-12-40(13-5-1)43-20-28-49(29-21-43)58-50-30-22-46(23-31-50)55-56(60-54-19-11-10-18-53(54)59-55)47-36-37-57(39-48(57)38-47)61(51-32-24-44(25-33-51)41-14-6-2-7-15-41)52-34-26-45(27-35-52)42-16-8-3-9-17-42;1-2-3-1;1-3-2;1-2/h1-22,24-30,32-38,48,58H,23,31,39H2;1-3H2;3H2,1-2H3;1-2H3. The van der Waals surface area contributed by atoms with Gasteiger partial charge in [0, 0.05) is 28.7 Å². The van der Waals surface area contributed by atoms with Gasteiger partial charge in [0.1, 0.15) is 0 Å². The van der Waals surface area contributed by atoms with E-state index in [1.165, 1.54) is 81.7 Å². The minimum Gasteiger partial charge on any atom is -0.359 e. The van der Waals surface area contributed by atoms with Crippen LogP contribution in [0.4, 0.5) is 17.1 Å². The molecule has 0 aliphatic heterocycles. The maximum Gasteiger partial charge on any atom is 0.0966 e. The van der Waals surface area contributed by atoms with Crippen LogP contribution in [-0.4, -0.2) is 15.5 Å². The van der Waals surface area contributed by atoms with Crippen molar-refractivity contribution in [1.29, 1.82) is 0 Å². The first kappa shape index (κ1) is 46.5. The average molecular weight is 901 g/mol. The SMILES string of the molecule is C1=CC2(N(c3ccc(-c4ccccc4)cc3)c3ccc(-c4ccccc4)cc3)CC2C=C1c1nc2ccccc2nc1C1=CC=C(Nc2ccc(-c3ccccc3)cc2)CC1.C1CC1.CC.CCC. The number of nitrogens with zero attached hydrogens (tertiary/aromatic N) is 3. The predicted molar refractivity (Wildman–Crippen MR) is 295 cm³/mol. The van der Waals surface area contributed by atoms with Crippen LogP contribution >= 0.6 is 0 Å². The van der Waals surface area contributed by atoms with Gasteiger partial charge in [0.25, 0.3) is 0 Å². The van der Waals surface area contributed by atoms with Gasteiger partial charge < -0.3 is 10.2 Å². The van der Waals surface area contributed by atoms with Crippen LogP contribution in [0.25, 0.3) is 55.6 Å². The lowest BCUT2D eigenvalue weighted by molar-refractivity contribution is 0.753. The lowest BCUT2D eigenvalue weighted by atomic mass is 9.92. The highest BCUT2D eigenvalue weighted by Gasteiger charge is 2.57. The van der Waals surface area contributed by atoms with E-state index in [9.17, 15) is 0 Å². The molecule has 0 radical (unpaired) electrons. The number of para-hydroxylation sites is 2. The van der Waals surface area contributed by atoms with E-state index in [1.807, 2.05) is 19.9 Å². The number of benzene rings is 7. The zero-order chi connectivity index (χ0) is 47.4. The molecule has 4 aliphatic rings. The third-order valence-corrected chi connectivity index (χ3v) is 12.8. The van der Waals surface area contributed by atoms with Gasteiger partial charge >= 0.3 is 0 Å². The Hall–Kier alpha value is -7.56. The van der Waals surface area contributed by atoms with Gasteiger partial charge in [-0.2, -0.15) is 0 Å². The lowest BCUT2D eigenvalue weighted by Gasteiger charge is -2.35. The minimum absolute atomic E-state index is 0.191. The molecule has 1 N–H and O–H groups in total. The van der Waals surface area contributed by atoms with Gasteiger partial charge in [0.2, 0.25) is 0 Å². The molecule has 8 aromatic rings. The first-order chi connectivity index (χ1) is 34.1. The lowest BCUT2D eigenvalue weighted by Crippen LogP contribution is -2.34. The van der Waals surface area contributed by atoms with Crippen molar-refractivity contribution in [2.24, 2.45) is 5.92 Å². The van der Waals surface area contributed by atoms with Gasteiger partial charge in [0.15, 0.2) is 0 Å². The first-order valence-corrected chi connectivity index (χ1v) is 25.2. The number of hydrogen-bond acceptors (Lipinski definition) is 4. The molecular weight excluding hydrogens is 837 g/mol. The Morgan fingerprint density at radius 1 is 0.507 bits per heavy atom. The van der Waals surface area contributed by atoms with Crippen molar-refractivity contribution in [3.05, 3.63) is 236 Å². The van der Waals surface area contributed by atoms with Crippen LogP contribution in [0.15, 0.2) is 224 Å². The number of rotatable bonds is 10. The topological polar surface area (TPSA) is 41.1 Å². The van der Waals surface area contributed by atoms with E-state index in [0.29, 0.717) is 5.92 Å². The Kier molecular flexibility index (Phi) is 14.9. The molecule has 4 aliphatic carbocycles. The molecule has 2 unspecified atom stereocenters. The van der Waals surface area contributed by atoms with Crippen molar-refractivity contribution in [3.63, 3.8) is 0 Å². The van der Waals surface area contributed by atoms with Gasteiger partial charge in [-0.1, -0.05) is 217 Å². The second kappa shape index (κ2) is 22.0. The number of anilines is 3. The molecule has 7 aromatic carbocycles. The normalized spacial score (nSPS) is 17.1. The molecule has 0 saturated heterocycles. The summed E-state index contributed by atoms with van der Waals surface area (Å²) in [5.41, 5.74) is 17.8. The maximum atomic E-state index is 5.34. The van der Waals surface area contributed by atoms with E-state index in [2.05, 4.69) is 236 Å². The Labute approximate surface area is 410 Å². The molecule has 344 valence electrons. The minimum atomic E-state index is -0.191. The summed E-state index contributed by atoms with van der Waals surface area (Å²) < 4.78 is 0. The zero-order valence-electron chi connectivity index (χ0n) is 40.7. The maximum absolute atomic E-state index is 5.34. The zero-order valence-corrected chi connectivity index (χ0v) is 40.7. The van der Waals surface area contributed by atoms with Crippen molar-refractivity contribution in [2.75, 3.05) is 10.2 Å². The summed E-state index contributed by atoms with van der Waals surface area (Å²) >= 11 is 0.